The Morgan fingerprint density at radius 2 is 2.20 bits per heavy atom. The van der Waals surface area contributed by atoms with E-state index in [0.29, 0.717) is 24.3 Å². The van der Waals surface area contributed by atoms with Gasteiger partial charge < -0.3 is 19.7 Å². The summed E-state index contributed by atoms with van der Waals surface area (Å²) in [5, 5.41) is 8.94. The quantitative estimate of drug-likeness (QED) is 0.878. The molecular formula is C13H16N4O3. The number of anilines is 1. The zero-order valence-corrected chi connectivity index (χ0v) is 11.3. The minimum Gasteiger partial charge on any atom is -0.479 e. The van der Waals surface area contributed by atoms with Gasteiger partial charge in [-0.3, -0.25) is 0 Å². The van der Waals surface area contributed by atoms with Gasteiger partial charge in [0.25, 0.3) is 0 Å². The van der Waals surface area contributed by atoms with Crippen molar-refractivity contribution in [1.29, 1.82) is 0 Å². The summed E-state index contributed by atoms with van der Waals surface area (Å²) in [6.07, 6.45) is 0.122. The fourth-order valence-electron chi connectivity index (χ4n) is 2.32. The van der Waals surface area contributed by atoms with E-state index in [4.69, 9.17) is 9.84 Å². The number of carbonyl (C=O) groups is 1. The molecule has 0 aromatic carbocycles. The number of hydrogen-bond donors (Lipinski definition) is 2. The Labute approximate surface area is 115 Å². The number of carboxylic acids is 1. The third kappa shape index (κ3) is 2.20. The van der Waals surface area contributed by atoms with E-state index in [1.807, 2.05) is 31.1 Å². The van der Waals surface area contributed by atoms with Crippen LogP contribution < -0.4 is 4.90 Å². The molecule has 3 heterocycles. The molecule has 0 spiro atoms. The van der Waals surface area contributed by atoms with Gasteiger partial charge in [-0.2, -0.15) is 0 Å². The second kappa shape index (κ2) is 4.75. The average molecular weight is 276 g/mol. The molecule has 2 aromatic heterocycles. The van der Waals surface area contributed by atoms with Crippen LogP contribution in [0.25, 0.3) is 11.2 Å². The Kier molecular flexibility index (Phi) is 3.06. The Morgan fingerprint density at radius 3 is 2.85 bits per heavy atom. The molecule has 1 aliphatic heterocycles. The van der Waals surface area contributed by atoms with E-state index in [2.05, 4.69) is 15.0 Å². The predicted octanol–water partition coefficient (Wildman–Crippen LogP) is 1.33. The summed E-state index contributed by atoms with van der Waals surface area (Å²) in [6, 6.07) is 3.82. The fourth-order valence-corrected chi connectivity index (χ4v) is 2.32. The molecule has 2 unspecified atom stereocenters. The van der Waals surface area contributed by atoms with Gasteiger partial charge in [0.15, 0.2) is 11.8 Å². The van der Waals surface area contributed by atoms with Gasteiger partial charge in [0.2, 0.25) is 0 Å². The molecule has 1 fully saturated rings. The molecule has 1 saturated heterocycles. The lowest BCUT2D eigenvalue weighted by Crippen LogP contribution is -2.18. The van der Waals surface area contributed by atoms with Crippen LogP contribution in [0.2, 0.25) is 0 Å². The third-order valence-electron chi connectivity index (χ3n) is 3.41. The van der Waals surface area contributed by atoms with Gasteiger partial charge >= 0.3 is 5.97 Å². The summed E-state index contributed by atoms with van der Waals surface area (Å²) >= 11 is 0. The number of rotatable bonds is 3. The normalized spacial score (nSPS) is 22.3. The molecule has 0 saturated carbocycles. The highest BCUT2D eigenvalue weighted by Crippen LogP contribution is 2.32. The number of imidazole rings is 1. The topological polar surface area (TPSA) is 91.3 Å². The number of aliphatic carboxylic acids is 1. The smallest absolute Gasteiger partial charge is 0.332 e. The van der Waals surface area contributed by atoms with Crippen molar-refractivity contribution in [2.75, 3.05) is 19.0 Å². The number of carboxylic acid groups (broad SMARTS) is 1. The lowest BCUT2D eigenvalue weighted by atomic mass is 10.2. The fraction of sp³-hybridized carbons (Fsp3) is 0.462. The molecule has 0 amide bonds. The van der Waals surface area contributed by atoms with Gasteiger partial charge in [-0.1, -0.05) is 0 Å². The maximum Gasteiger partial charge on any atom is 0.332 e. The van der Waals surface area contributed by atoms with E-state index in [1.54, 1.807) is 0 Å². The van der Waals surface area contributed by atoms with E-state index < -0.39 is 12.1 Å². The van der Waals surface area contributed by atoms with E-state index in [1.165, 1.54) is 0 Å². The summed E-state index contributed by atoms with van der Waals surface area (Å²) in [6.45, 7) is 0. The first kappa shape index (κ1) is 12.9. The van der Waals surface area contributed by atoms with Crippen molar-refractivity contribution in [3.63, 3.8) is 0 Å². The third-order valence-corrected chi connectivity index (χ3v) is 3.41. The molecule has 106 valence electrons. The molecule has 7 nitrogen and oxygen atoms in total. The maximum absolute atomic E-state index is 10.9. The molecule has 7 heteroatoms. The Morgan fingerprint density at radius 1 is 1.40 bits per heavy atom. The highest BCUT2D eigenvalue weighted by atomic mass is 16.5. The van der Waals surface area contributed by atoms with Crippen LogP contribution in [0.4, 0.5) is 5.82 Å². The van der Waals surface area contributed by atoms with Crippen LogP contribution in [0.5, 0.6) is 0 Å². The molecule has 2 atom stereocenters. The number of nitrogens with zero attached hydrogens (tertiary/aromatic N) is 3. The van der Waals surface area contributed by atoms with Gasteiger partial charge in [-0.05, 0) is 25.0 Å². The van der Waals surface area contributed by atoms with Gasteiger partial charge in [0, 0.05) is 14.1 Å². The van der Waals surface area contributed by atoms with E-state index in [0.717, 1.165) is 11.3 Å². The molecule has 0 aliphatic carbocycles. The summed E-state index contributed by atoms with van der Waals surface area (Å²) in [4.78, 5) is 24.8. The predicted molar refractivity (Wildman–Crippen MR) is 72.7 cm³/mol. The van der Waals surface area contributed by atoms with E-state index in [-0.39, 0.29) is 6.10 Å². The van der Waals surface area contributed by atoms with Gasteiger partial charge in [-0.25, -0.2) is 14.8 Å². The van der Waals surface area contributed by atoms with Crippen LogP contribution >= 0.6 is 0 Å². The minimum atomic E-state index is -0.920. The molecule has 2 N–H and O–H groups in total. The summed E-state index contributed by atoms with van der Waals surface area (Å²) in [5.74, 6) is 0.551. The zero-order valence-electron chi connectivity index (χ0n) is 11.3. The lowest BCUT2D eigenvalue weighted by Gasteiger charge is -2.09. The number of H-pyrrole nitrogens is 1. The van der Waals surface area contributed by atoms with Crippen molar-refractivity contribution in [2.24, 2.45) is 0 Å². The van der Waals surface area contributed by atoms with Crippen LogP contribution in [0.1, 0.15) is 24.8 Å². The van der Waals surface area contributed by atoms with Crippen molar-refractivity contribution < 1.29 is 14.6 Å². The van der Waals surface area contributed by atoms with Crippen LogP contribution in [-0.2, 0) is 9.53 Å². The van der Waals surface area contributed by atoms with Crippen molar-refractivity contribution in [1.82, 2.24) is 15.0 Å². The van der Waals surface area contributed by atoms with Crippen molar-refractivity contribution in [2.45, 2.75) is 25.0 Å². The van der Waals surface area contributed by atoms with E-state index in [9.17, 15) is 4.79 Å². The standard InChI is InChI=1S/C13H16N4O3/c1-17(2)10-6-3-7-11(15-10)16-12(14-7)8-4-5-9(20-8)13(18)19/h3,6,8-9H,4-5H2,1-2H3,(H,18,19)(H,14,15,16). The molecule has 0 radical (unpaired) electrons. The zero-order chi connectivity index (χ0) is 14.3. The SMILES string of the molecule is CN(C)c1ccc2[nH]c(C3CCC(C(=O)O)O3)nc2n1. The summed E-state index contributed by atoms with van der Waals surface area (Å²) in [7, 11) is 3.83. The van der Waals surface area contributed by atoms with Crippen molar-refractivity contribution in [3.8, 4) is 0 Å². The number of nitrogens with one attached hydrogen (secondary N) is 1. The number of pyridine rings is 1. The summed E-state index contributed by atoms with van der Waals surface area (Å²) in [5.41, 5.74) is 1.45. The molecule has 1 aliphatic rings. The molecule has 0 bridgehead atoms. The number of ether oxygens (including phenoxy) is 1. The second-order valence-electron chi connectivity index (χ2n) is 5.09. The van der Waals surface area contributed by atoms with Gasteiger partial charge in [0.05, 0.1) is 5.52 Å². The first-order valence-corrected chi connectivity index (χ1v) is 6.47. The maximum atomic E-state index is 10.9. The number of fused-ring (bicyclic) bond motifs is 1. The van der Waals surface area contributed by atoms with Crippen LogP contribution in [-0.4, -0.2) is 46.2 Å². The highest BCUT2D eigenvalue weighted by molar-refractivity contribution is 5.74. The minimum absolute atomic E-state index is 0.298. The number of aromatic amines is 1. The molecular weight excluding hydrogens is 260 g/mol. The molecule has 20 heavy (non-hydrogen) atoms. The van der Waals surface area contributed by atoms with Crippen molar-refractivity contribution in [3.05, 3.63) is 18.0 Å². The summed E-state index contributed by atoms with van der Waals surface area (Å²) < 4.78 is 5.48. The van der Waals surface area contributed by atoms with Crippen LogP contribution in [0, 0.1) is 0 Å². The van der Waals surface area contributed by atoms with Crippen LogP contribution in [0.3, 0.4) is 0 Å². The van der Waals surface area contributed by atoms with E-state index >= 15 is 0 Å². The van der Waals surface area contributed by atoms with Crippen LogP contribution in [0.15, 0.2) is 12.1 Å². The first-order valence-electron chi connectivity index (χ1n) is 6.47. The monoisotopic (exact) mass is 276 g/mol. The Hall–Kier alpha value is -2.15. The number of hydrogen-bond acceptors (Lipinski definition) is 5. The first-order chi connectivity index (χ1) is 9.54. The van der Waals surface area contributed by atoms with Gasteiger partial charge in [-0.15, -0.1) is 0 Å². The largest absolute Gasteiger partial charge is 0.479 e. The lowest BCUT2D eigenvalue weighted by molar-refractivity contribution is -0.149. The second-order valence-corrected chi connectivity index (χ2v) is 5.09. The number of aromatic nitrogens is 3. The molecule has 3 rings (SSSR count). The molecule has 2 aromatic rings. The van der Waals surface area contributed by atoms with Crippen molar-refractivity contribution >= 4 is 23.0 Å². The Bertz CT molecular complexity index is 652. The van der Waals surface area contributed by atoms with Gasteiger partial charge in [0.1, 0.15) is 17.7 Å². The average Bonchev–Trinajstić information content (AvgIpc) is 3.04. The highest BCUT2D eigenvalue weighted by Gasteiger charge is 2.33. The Balaban J connectivity index is 1.88.